The smallest absolute Gasteiger partial charge is 0.475 e. The van der Waals surface area contributed by atoms with E-state index in [1.54, 1.807) is 24.0 Å². The van der Waals surface area contributed by atoms with Crippen molar-refractivity contribution in [1.29, 1.82) is 0 Å². The highest BCUT2D eigenvalue weighted by atomic mass is 19.4. The first-order chi connectivity index (χ1) is 14.6. The van der Waals surface area contributed by atoms with E-state index in [1.165, 1.54) is 12.1 Å². The van der Waals surface area contributed by atoms with E-state index >= 15 is 0 Å². The molecule has 2 rings (SSSR count). The van der Waals surface area contributed by atoms with E-state index < -0.39 is 23.9 Å². The highest BCUT2D eigenvalue weighted by Gasteiger charge is 2.38. The SMILES string of the molecule is CCOC(=O)N1CCC(NCCNC(=O)c2ccccc2F)CC1.O=C(O)C(F)(F)F. The zero-order chi connectivity index (χ0) is 23.4. The van der Waals surface area contributed by atoms with E-state index in [0.29, 0.717) is 38.8 Å². The van der Waals surface area contributed by atoms with Crippen molar-refractivity contribution in [2.75, 3.05) is 32.8 Å². The lowest BCUT2D eigenvalue weighted by Crippen LogP contribution is -2.46. The number of ether oxygens (including phenoxy) is 1. The van der Waals surface area contributed by atoms with Crippen LogP contribution in [0.5, 0.6) is 0 Å². The molecular formula is C19H25F4N3O5. The van der Waals surface area contributed by atoms with Gasteiger partial charge in [-0.15, -0.1) is 0 Å². The van der Waals surface area contributed by atoms with E-state index in [9.17, 15) is 27.2 Å². The Morgan fingerprint density at radius 1 is 1.16 bits per heavy atom. The van der Waals surface area contributed by atoms with Crippen LogP contribution < -0.4 is 10.6 Å². The number of nitrogens with zero attached hydrogens (tertiary/aromatic N) is 1. The summed E-state index contributed by atoms with van der Waals surface area (Å²) in [5.41, 5.74) is 0.0558. The van der Waals surface area contributed by atoms with Crippen LogP contribution in [0.3, 0.4) is 0 Å². The summed E-state index contributed by atoms with van der Waals surface area (Å²) in [4.78, 5) is 34.1. The summed E-state index contributed by atoms with van der Waals surface area (Å²) < 4.78 is 50.2. The number of carbonyl (C=O) groups is 3. The molecule has 0 spiro atoms. The Morgan fingerprint density at radius 3 is 2.26 bits per heavy atom. The van der Waals surface area contributed by atoms with Crippen LogP contribution in [0.25, 0.3) is 0 Å². The number of piperidine rings is 1. The topological polar surface area (TPSA) is 108 Å². The molecule has 0 bridgehead atoms. The van der Waals surface area contributed by atoms with Gasteiger partial charge in [-0.25, -0.2) is 14.0 Å². The number of aliphatic carboxylic acids is 1. The van der Waals surface area contributed by atoms with Crippen LogP contribution in [0.15, 0.2) is 24.3 Å². The summed E-state index contributed by atoms with van der Waals surface area (Å²) in [5.74, 6) is -3.69. The van der Waals surface area contributed by atoms with E-state index in [4.69, 9.17) is 14.6 Å². The lowest BCUT2D eigenvalue weighted by atomic mass is 10.1. The van der Waals surface area contributed by atoms with Crippen molar-refractivity contribution >= 4 is 18.0 Å². The van der Waals surface area contributed by atoms with Gasteiger partial charge in [0.05, 0.1) is 12.2 Å². The predicted octanol–water partition coefficient (Wildman–Crippen LogP) is 2.40. The van der Waals surface area contributed by atoms with Crippen LogP contribution in [-0.2, 0) is 9.53 Å². The number of carboxylic acids is 1. The Morgan fingerprint density at radius 2 is 1.74 bits per heavy atom. The van der Waals surface area contributed by atoms with Gasteiger partial charge < -0.3 is 25.4 Å². The third-order valence-corrected chi connectivity index (χ3v) is 4.23. The first kappa shape index (κ1) is 26.1. The minimum absolute atomic E-state index is 0.0558. The first-order valence-corrected chi connectivity index (χ1v) is 9.54. The van der Waals surface area contributed by atoms with Gasteiger partial charge in [-0.3, -0.25) is 4.79 Å². The standard InChI is InChI=1S/C17H24FN3O3.C2HF3O2/c1-2-24-17(23)21-11-7-13(8-12-21)19-9-10-20-16(22)14-5-3-4-6-15(14)18;3-2(4,5)1(6)7/h3-6,13,19H,2,7-12H2,1H3,(H,20,22);(H,6,7). The highest BCUT2D eigenvalue weighted by Crippen LogP contribution is 2.13. The van der Waals surface area contributed by atoms with Crippen LogP contribution in [0.4, 0.5) is 22.4 Å². The molecule has 0 aliphatic carbocycles. The number of carbonyl (C=O) groups excluding carboxylic acids is 2. The highest BCUT2D eigenvalue weighted by molar-refractivity contribution is 5.94. The van der Waals surface area contributed by atoms with Gasteiger partial charge >= 0.3 is 18.2 Å². The third kappa shape index (κ3) is 9.64. The predicted molar refractivity (Wildman–Crippen MR) is 102 cm³/mol. The molecule has 0 saturated carbocycles. The van der Waals surface area contributed by atoms with E-state index in [0.717, 1.165) is 12.8 Å². The van der Waals surface area contributed by atoms with Gasteiger partial charge in [-0.05, 0) is 31.9 Å². The Labute approximate surface area is 176 Å². The van der Waals surface area contributed by atoms with E-state index in [2.05, 4.69) is 10.6 Å². The molecular weight excluding hydrogens is 426 g/mol. The van der Waals surface area contributed by atoms with Crippen molar-refractivity contribution in [1.82, 2.24) is 15.5 Å². The van der Waals surface area contributed by atoms with Crippen molar-refractivity contribution in [3.8, 4) is 0 Å². The summed E-state index contributed by atoms with van der Waals surface area (Å²) in [6.45, 7) is 4.53. The Hall–Kier alpha value is -2.89. The van der Waals surface area contributed by atoms with Crippen molar-refractivity contribution in [3.05, 3.63) is 35.6 Å². The Kier molecular flexibility index (Phi) is 10.7. The molecule has 31 heavy (non-hydrogen) atoms. The molecule has 1 fully saturated rings. The quantitative estimate of drug-likeness (QED) is 0.453. The molecule has 1 aliphatic heterocycles. The largest absolute Gasteiger partial charge is 0.490 e. The second-order valence-corrected chi connectivity index (χ2v) is 6.45. The fourth-order valence-electron chi connectivity index (χ4n) is 2.67. The van der Waals surface area contributed by atoms with Gasteiger partial charge in [0.1, 0.15) is 5.82 Å². The van der Waals surface area contributed by atoms with Crippen molar-refractivity contribution < 1.29 is 41.8 Å². The fraction of sp³-hybridized carbons (Fsp3) is 0.526. The molecule has 0 atom stereocenters. The average molecular weight is 451 g/mol. The van der Waals surface area contributed by atoms with Gasteiger partial charge in [0, 0.05) is 32.2 Å². The van der Waals surface area contributed by atoms with Gasteiger partial charge in [0.25, 0.3) is 5.91 Å². The molecule has 1 heterocycles. The normalized spacial score (nSPS) is 14.3. The van der Waals surface area contributed by atoms with Crippen molar-refractivity contribution in [2.45, 2.75) is 32.0 Å². The summed E-state index contributed by atoms with van der Waals surface area (Å²) in [5, 5.41) is 13.2. The third-order valence-electron chi connectivity index (χ3n) is 4.23. The molecule has 8 nitrogen and oxygen atoms in total. The zero-order valence-electron chi connectivity index (χ0n) is 16.9. The summed E-state index contributed by atoms with van der Waals surface area (Å²) in [6.07, 6.45) is -3.65. The summed E-state index contributed by atoms with van der Waals surface area (Å²) >= 11 is 0. The molecule has 174 valence electrons. The maximum atomic E-state index is 13.5. The monoisotopic (exact) mass is 451 g/mol. The summed E-state index contributed by atoms with van der Waals surface area (Å²) in [6, 6.07) is 6.22. The van der Waals surface area contributed by atoms with Crippen molar-refractivity contribution in [3.63, 3.8) is 0 Å². The molecule has 0 radical (unpaired) electrons. The number of likely N-dealkylation sites (tertiary alicyclic amines) is 1. The maximum absolute atomic E-state index is 13.5. The second-order valence-electron chi connectivity index (χ2n) is 6.45. The Balaban J connectivity index is 0.000000592. The van der Waals surface area contributed by atoms with Crippen LogP contribution in [0.1, 0.15) is 30.1 Å². The van der Waals surface area contributed by atoms with Crippen LogP contribution in [-0.4, -0.2) is 73.0 Å². The number of rotatable bonds is 6. The van der Waals surface area contributed by atoms with Crippen LogP contribution in [0, 0.1) is 5.82 Å². The zero-order valence-corrected chi connectivity index (χ0v) is 16.9. The molecule has 3 N–H and O–H groups in total. The van der Waals surface area contributed by atoms with Crippen LogP contribution >= 0.6 is 0 Å². The molecule has 1 saturated heterocycles. The van der Waals surface area contributed by atoms with E-state index in [-0.39, 0.29) is 11.7 Å². The molecule has 1 aromatic rings. The number of halogens is 4. The number of benzene rings is 1. The molecule has 12 heteroatoms. The minimum atomic E-state index is -5.08. The molecule has 1 aromatic carbocycles. The number of nitrogens with one attached hydrogen (secondary N) is 2. The lowest BCUT2D eigenvalue weighted by molar-refractivity contribution is -0.192. The number of hydrogen-bond donors (Lipinski definition) is 3. The van der Waals surface area contributed by atoms with E-state index in [1.807, 2.05) is 0 Å². The van der Waals surface area contributed by atoms with Gasteiger partial charge in [-0.2, -0.15) is 13.2 Å². The number of hydrogen-bond acceptors (Lipinski definition) is 5. The average Bonchev–Trinajstić information content (AvgIpc) is 2.72. The minimum Gasteiger partial charge on any atom is -0.475 e. The molecule has 1 aliphatic rings. The molecule has 0 aromatic heterocycles. The number of amides is 2. The summed E-state index contributed by atoms with van der Waals surface area (Å²) in [7, 11) is 0. The van der Waals surface area contributed by atoms with Gasteiger partial charge in [0.15, 0.2) is 0 Å². The van der Waals surface area contributed by atoms with Gasteiger partial charge in [0.2, 0.25) is 0 Å². The lowest BCUT2D eigenvalue weighted by Gasteiger charge is -2.31. The second kappa shape index (κ2) is 12.7. The molecule has 2 amide bonds. The Bertz CT molecular complexity index is 737. The maximum Gasteiger partial charge on any atom is 0.490 e. The number of alkyl halides is 3. The van der Waals surface area contributed by atoms with Crippen molar-refractivity contribution in [2.24, 2.45) is 0 Å². The number of carboxylic acid groups (broad SMARTS) is 1. The van der Waals surface area contributed by atoms with Gasteiger partial charge in [-0.1, -0.05) is 12.1 Å². The molecule has 0 unspecified atom stereocenters. The first-order valence-electron chi connectivity index (χ1n) is 9.54. The fourth-order valence-corrected chi connectivity index (χ4v) is 2.67. The van der Waals surface area contributed by atoms with Crippen LogP contribution in [0.2, 0.25) is 0 Å².